The number of halogens is 3. The van der Waals surface area contributed by atoms with E-state index in [1.54, 1.807) is 0 Å². The molecule has 144 valence electrons. The number of carbonyl (C=O) groups is 2. The van der Waals surface area contributed by atoms with Gasteiger partial charge in [-0.2, -0.15) is 13.2 Å². The molecular formula is C17H18F3N5O2. The number of nitrogens with zero attached hydrogens (tertiary/aromatic N) is 4. The molecule has 0 unspecified atom stereocenters. The highest BCUT2D eigenvalue weighted by Crippen LogP contribution is 2.32. The van der Waals surface area contributed by atoms with Crippen LogP contribution in [0.5, 0.6) is 0 Å². The maximum Gasteiger partial charge on any atom is 0.416 e. The maximum atomic E-state index is 13.1. The summed E-state index contributed by atoms with van der Waals surface area (Å²) in [7, 11) is 0. The Bertz CT molecular complexity index is 849. The second-order valence-electron chi connectivity index (χ2n) is 6.45. The van der Waals surface area contributed by atoms with Gasteiger partial charge in [-0.25, -0.2) is 4.68 Å². The fraction of sp³-hybridized carbons (Fsp3) is 0.412. The van der Waals surface area contributed by atoms with E-state index in [1.165, 1.54) is 34.0 Å². The first-order valence-corrected chi connectivity index (χ1v) is 8.39. The monoisotopic (exact) mass is 381 g/mol. The van der Waals surface area contributed by atoms with E-state index in [1.807, 2.05) is 0 Å². The summed E-state index contributed by atoms with van der Waals surface area (Å²) in [6, 6.07) is 5.17. The van der Waals surface area contributed by atoms with Gasteiger partial charge >= 0.3 is 6.18 Å². The summed E-state index contributed by atoms with van der Waals surface area (Å²) in [5.41, 5.74) is 4.60. The first-order valence-electron chi connectivity index (χ1n) is 8.39. The highest BCUT2D eigenvalue weighted by Gasteiger charge is 2.33. The molecule has 1 saturated heterocycles. The summed E-state index contributed by atoms with van der Waals surface area (Å²) in [5.74, 6) is -1.28. The van der Waals surface area contributed by atoms with Crippen LogP contribution in [-0.4, -0.2) is 44.8 Å². The largest absolute Gasteiger partial charge is 0.416 e. The quantitative estimate of drug-likeness (QED) is 0.872. The zero-order valence-corrected chi connectivity index (χ0v) is 14.3. The smallest absolute Gasteiger partial charge is 0.369 e. The van der Waals surface area contributed by atoms with E-state index in [2.05, 4.69) is 10.3 Å². The van der Waals surface area contributed by atoms with Gasteiger partial charge in [-0.3, -0.25) is 9.59 Å². The Morgan fingerprint density at radius 3 is 2.70 bits per heavy atom. The minimum atomic E-state index is -4.48. The Balaban J connectivity index is 1.74. The number of benzene rings is 1. The number of piperidine rings is 1. The molecule has 2 amide bonds. The van der Waals surface area contributed by atoms with Crippen molar-refractivity contribution in [2.24, 2.45) is 11.7 Å². The lowest BCUT2D eigenvalue weighted by Gasteiger charge is -2.30. The summed E-state index contributed by atoms with van der Waals surface area (Å²) in [6.45, 7) is 0.504. The minimum Gasteiger partial charge on any atom is -0.369 e. The van der Waals surface area contributed by atoms with Crippen LogP contribution in [0.4, 0.5) is 13.2 Å². The van der Waals surface area contributed by atoms with Crippen molar-refractivity contribution in [3.63, 3.8) is 0 Å². The third-order valence-electron chi connectivity index (χ3n) is 4.52. The van der Waals surface area contributed by atoms with Crippen molar-refractivity contribution in [2.75, 3.05) is 13.1 Å². The SMILES string of the molecule is NC(=O)[C@H]1CCCN(C(=O)c2cn(Cc3ccccc3C(F)(F)F)nn2)C1. The summed E-state index contributed by atoms with van der Waals surface area (Å²) in [4.78, 5) is 25.3. The second-order valence-corrected chi connectivity index (χ2v) is 6.45. The van der Waals surface area contributed by atoms with Crippen molar-refractivity contribution in [2.45, 2.75) is 25.6 Å². The van der Waals surface area contributed by atoms with Crippen molar-refractivity contribution in [3.05, 3.63) is 47.3 Å². The molecule has 1 aliphatic heterocycles. The molecule has 0 saturated carbocycles. The zero-order chi connectivity index (χ0) is 19.6. The van der Waals surface area contributed by atoms with E-state index in [0.29, 0.717) is 19.4 Å². The maximum absolute atomic E-state index is 13.1. The lowest BCUT2D eigenvalue weighted by atomic mass is 9.97. The molecule has 0 spiro atoms. The fourth-order valence-electron chi connectivity index (χ4n) is 3.14. The average Bonchev–Trinajstić information content (AvgIpc) is 3.09. The molecular weight excluding hydrogens is 363 g/mol. The van der Waals surface area contributed by atoms with E-state index >= 15 is 0 Å². The molecule has 1 aromatic heterocycles. The average molecular weight is 381 g/mol. The number of hydrogen-bond acceptors (Lipinski definition) is 4. The summed E-state index contributed by atoms with van der Waals surface area (Å²) in [6.07, 6.45) is -1.90. The number of nitrogens with two attached hydrogens (primary N) is 1. The van der Waals surface area contributed by atoms with Gasteiger partial charge < -0.3 is 10.6 Å². The molecule has 10 heteroatoms. The van der Waals surface area contributed by atoms with Crippen LogP contribution >= 0.6 is 0 Å². The van der Waals surface area contributed by atoms with Crippen LogP contribution in [0.1, 0.15) is 34.5 Å². The minimum absolute atomic E-state index is 0.0182. The van der Waals surface area contributed by atoms with Gasteiger partial charge in [0, 0.05) is 13.1 Å². The number of likely N-dealkylation sites (tertiary alicyclic amines) is 1. The topological polar surface area (TPSA) is 94.1 Å². The van der Waals surface area contributed by atoms with Gasteiger partial charge in [0.05, 0.1) is 24.2 Å². The molecule has 1 fully saturated rings. The normalized spacial score (nSPS) is 17.7. The molecule has 2 heterocycles. The van der Waals surface area contributed by atoms with E-state index in [4.69, 9.17) is 5.73 Å². The van der Waals surface area contributed by atoms with E-state index in [9.17, 15) is 22.8 Å². The first kappa shape index (κ1) is 18.9. The zero-order valence-electron chi connectivity index (χ0n) is 14.3. The molecule has 0 bridgehead atoms. The standard InChI is InChI=1S/C17H18F3N5O2/c18-17(19,20)13-6-2-1-4-11(13)9-25-10-14(22-23-25)16(27)24-7-3-5-12(8-24)15(21)26/h1-2,4,6,10,12H,3,5,7-9H2,(H2,21,26)/t12-/m0/s1. The molecule has 2 N–H and O–H groups in total. The Labute approximate surface area is 152 Å². The van der Waals surface area contributed by atoms with Crippen LogP contribution in [0.3, 0.4) is 0 Å². The van der Waals surface area contributed by atoms with Gasteiger partial charge in [-0.15, -0.1) is 5.10 Å². The van der Waals surface area contributed by atoms with Crippen LogP contribution in [0, 0.1) is 5.92 Å². The number of amides is 2. The van der Waals surface area contributed by atoms with Crippen LogP contribution < -0.4 is 5.73 Å². The molecule has 2 aromatic rings. The van der Waals surface area contributed by atoms with Crippen LogP contribution in [0.15, 0.2) is 30.5 Å². The van der Waals surface area contributed by atoms with Crippen molar-refractivity contribution in [1.29, 1.82) is 0 Å². The van der Waals surface area contributed by atoms with Crippen molar-refractivity contribution >= 4 is 11.8 Å². The van der Waals surface area contributed by atoms with Gasteiger partial charge in [0.2, 0.25) is 5.91 Å². The first-order chi connectivity index (χ1) is 12.8. The number of alkyl halides is 3. The lowest BCUT2D eigenvalue weighted by molar-refractivity contribution is -0.138. The Kier molecular flexibility index (Phi) is 5.15. The molecule has 27 heavy (non-hydrogen) atoms. The predicted molar refractivity (Wildman–Crippen MR) is 88.4 cm³/mol. The molecule has 0 radical (unpaired) electrons. The van der Waals surface area contributed by atoms with Crippen LogP contribution in [-0.2, 0) is 17.5 Å². The number of aromatic nitrogens is 3. The van der Waals surface area contributed by atoms with Crippen molar-refractivity contribution < 1.29 is 22.8 Å². The van der Waals surface area contributed by atoms with Crippen LogP contribution in [0.2, 0.25) is 0 Å². The Morgan fingerprint density at radius 1 is 1.26 bits per heavy atom. The summed E-state index contributed by atoms with van der Waals surface area (Å²) >= 11 is 0. The highest BCUT2D eigenvalue weighted by atomic mass is 19.4. The summed E-state index contributed by atoms with van der Waals surface area (Å²) in [5, 5.41) is 7.54. The number of hydrogen-bond donors (Lipinski definition) is 1. The van der Waals surface area contributed by atoms with E-state index in [0.717, 1.165) is 6.07 Å². The molecule has 1 aromatic carbocycles. The Hall–Kier alpha value is -2.91. The molecule has 1 aliphatic rings. The number of primary amides is 1. The molecule has 0 aliphatic carbocycles. The van der Waals surface area contributed by atoms with Gasteiger partial charge in [-0.1, -0.05) is 23.4 Å². The predicted octanol–water partition coefficient (Wildman–Crippen LogP) is 1.68. The Morgan fingerprint density at radius 2 is 2.00 bits per heavy atom. The van der Waals surface area contributed by atoms with Gasteiger partial charge in [0.1, 0.15) is 0 Å². The van der Waals surface area contributed by atoms with Gasteiger partial charge in [0.15, 0.2) is 5.69 Å². The van der Waals surface area contributed by atoms with E-state index in [-0.39, 0.29) is 24.3 Å². The third kappa shape index (κ3) is 4.26. The van der Waals surface area contributed by atoms with Gasteiger partial charge in [-0.05, 0) is 24.5 Å². The highest BCUT2D eigenvalue weighted by molar-refractivity contribution is 5.92. The third-order valence-corrected chi connectivity index (χ3v) is 4.52. The van der Waals surface area contributed by atoms with Crippen LogP contribution in [0.25, 0.3) is 0 Å². The van der Waals surface area contributed by atoms with Crippen molar-refractivity contribution in [3.8, 4) is 0 Å². The number of carbonyl (C=O) groups excluding carboxylic acids is 2. The lowest BCUT2D eigenvalue weighted by Crippen LogP contribution is -2.44. The summed E-state index contributed by atoms with van der Waals surface area (Å²) < 4.78 is 40.4. The second kappa shape index (κ2) is 7.37. The van der Waals surface area contributed by atoms with Gasteiger partial charge in [0.25, 0.3) is 5.91 Å². The van der Waals surface area contributed by atoms with Crippen molar-refractivity contribution in [1.82, 2.24) is 19.9 Å². The fourth-order valence-corrected chi connectivity index (χ4v) is 3.14. The molecule has 1 atom stereocenters. The molecule has 3 rings (SSSR count). The number of rotatable bonds is 4. The molecule has 7 nitrogen and oxygen atoms in total. The van der Waals surface area contributed by atoms with E-state index < -0.39 is 29.5 Å².